The third-order valence-corrected chi connectivity index (χ3v) is 5.38. The molecule has 0 aliphatic heterocycles. The molecule has 2 aromatic heterocycles. The zero-order valence-corrected chi connectivity index (χ0v) is 15.2. The lowest BCUT2D eigenvalue weighted by Crippen LogP contribution is -2.22. The van der Waals surface area contributed by atoms with Crippen molar-refractivity contribution >= 4 is 51.3 Å². The number of carbonyl (C=O) groups is 1. The lowest BCUT2D eigenvalue weighted by molar-refractivity contribution is 0.0950. The van der Waals surface area contributed by atoms with Gasteiger partial charge in [0.05, 0.1) is 5.03 Å². The molecule has 0 saturated carbocycles. The van der Waals surface area contributed by atoms with Crippen LogP contribution in [0.25, 0.3) is 11.1 Å². The van der Waals surface area contributed by atoms with Crippen molar-refractivity contribution in [2.75, 3.05) is 0 Å². The number of nitrogens with zero attached hydrogens (tertiary/aromatic N) is 2. The van der Waals surface area contributed by atoms with E-state index < -0.39 is 0 Å². The Morgan fingerprint density at radius 2 is 1.96 bits per heavy atom. The van der Waals surface area contributed by atoms with Crippen LogP contribution in [0, 0.1) is 6.92 Å². The SMILES string of the molecule is Cc1ccc(CNC(=O)c2nnc(/C(Cl)=C/c3cccs3)s2)cc1. The summed E-state index contributed by atoms with van der Waals surface area (Å²) >= 11 is 9.01. The van der Waals surface area contributed by atoms with Crippen LogP contribution >= 0.6 is 34.3 Å². The average molecular weight is 376 g/mol. The van der Waals surface area contributed by atoms with E-state index in [2.05, 4.69) is 15.5 Å². The molecule has 0 fully saturated rings. The van der Waals surface area contributed by atoms with Crippen LogP contribution < -0.4 is 5.32 Å². The van der Waals surface area contributed by atoms with Gasteiger partial charge in [0.2, 0.25) is 5.01 Å². The number of halogens is 1. The quantitative estimate of drug-likeness (QED) is 0.710. The molecule has 0 saturated heterocycles. The van der Waals surface area contributed by atoms with Crippen LogP contribution in [-0.4, -0.2) is 16.1 Å². The number of aryl methyl sites for hydroxylation is 1. The minimum Gasteiger partial charge on any atom is -0.346 e. The van der Waals surface area contributed by atoms with Gasteiger partial charge in [0.25, 0.3) is 5.91 Å². The van der Waals surface area contributed by atoms with Gasteiger partial charge in [0.1, 0.15) is 0 Å². The van der Waals surface area contributed by atoms with Crippen LogP contribution in [0.4, 0.5) is 0 Å². The lowest BCUT2D eigenvalue weighted by atomic mass is 10.1. The first-order chi connectivity index (χ1) is 11.6. The van der Waals surface area contributed by atoms with Crippen molar-refractivity contribution in [3.8, 4) is 0 Å². The summed E-state index contributed by atoms with van der Waals surface area (Å²) < 4.78 is 0. The molecule has 7 heteroatoms. The Hall–Kier alpha value is -2.02. The fourth-order valence-corrected chi connectivity index (χ4v) is 3.60. The summed E-state index contributed by atoms with van der Waals surface area (Å²) in [4.78, 5) is 13.2. The van der Waals surface area contributed by atoms with Crippen LogP contribution in [0.2, 0.25) is 0 Å². The van der Waals surface area contributed by atoms with E-state index in [1.54, 1.807) is 11.3 Å². The number of hydrogen-bond acceptors (Lipinski definition) is 5. The minimum atomic E-state index is -0.250. The fourth-order valence-electron chi connectivity index (χ4n) is 1.94. The van der Waals surface area contributed by atoms with Crippen molar-refractivity contribution in [1.82, 2.24) is 15.5 Å². The number of carbonyl (C=O) groups excluding carboxylic acids is 1. The smallest absolute Gasteiger partial charge is 0.282 e. The Labute approximate surface area is 152 Å². The van der Waals surface area contributed by atoms with E-state index in [1.165, 1.54) is 16.9 Å². The zero-order valence-electron chi connectivity index (χ0n) is 12.8. The van der Waals surface area contributed by atoms with Gasteiger partial charge in [-0.15, -0.1) is 21.5 Å². The molecule has 1 amide bonds. The van der Waals surface area contributed by atoms with Gasteiger partial charge in [-0.2, -0.15) is 0 Å². The first-order valence-corrected chi connectivity index (χ1v) is 9.27. The number of rotatable bonds is 5. The van der Waals surface area contributed by atoms with Crippen molar-refractivity contribution in [1.29, 1.82) is 0 Å². The first kappa shape index (κ1) is 16.8. The summed E-state index contributed by atoms with van der Waals surface area (Å²) in [6.07, 6.45) is 1.82. The summed E-state index contributed by atoms with van der Waals surface area (Å²) in [5.74, 6) is -0.250. The maximum atomic E-state index is 12.2. The largest absolute Gasteiger partial charge is 0.346 e. The third-order valence-electron chi connectivity index (χ3n) is 3.21. The Morgan fingerprint density at radius 1 is 1.21 bits per heavy atom. The zero-order chi connectivity index (χ0) is 16.9. The van der Waals surface area contributed by atoms with E-state index in [0.29, 0.717) is 21.6 Å². The minimum absolute atomic E-state index is 0.250. The fraction of sp³-hybridized carbons (Fsp3) is 0.118. The standard InChI is InChI=1S/C17H14ClN3OS2/c1-11-4-6-12(7-5-11)10-19-15(22)17-21-20-16(24-17)14(18)9-13-3-2-8-23-13/h2-9H,10H2,1H3,(H,19,22)/b14-9-. The topological polar surface area (TPSA) is 54.9 Å². The highest BCUT2D eigenvalue weighted by atomic mass is 35.5. The van der Waals surface area contributed by atoms with Crippen molar-refractivity contribution in [3.05, 3.63) is 67.8 Å². The second-order valence-electron chi connectivity index (χ2n) is 5.09. The van der Waals surface area contributed by atoms with Crippen LogP contribution in [0.15, 0.2) is 41.8 Å². The van der Waals surface area contributed by atoms with Gasteiger partial charge in [-0.05, 0) is 30.0 Å². The average Bonchev–Trinajstić information content (AvgIpc) is 3.25. The highest BCUT2D eigenvalue weighted by molar-refractivity contribution is 7.15. The predicted molar refractivity (Wildman–Crippen MR) is 100 cm³/mol. The van der Waals surface area contributed by atoms with Gasteiger partial charge in [0.15, 0.2) is 5.01 Å². The Bertz CT molecular complexity index is 854. The molecule has 0 atom stereocenters. The molecular formula is C17H14ClN3OS2. The molecule has 0 unspecified atom stereocenters. The molecule has 0 aliphatic carbocycles. The van der Waals surface area contributed by atoms with Gasteiger partial charge < -0.3 is 5.32 Å². The highest BCUT2D eigenvalue weighted by Gasteiger charge is 2.14. The number of thiophene rings is 1. The summed E-state index contributed by atoms with van der Waals surface area (Å²) in [5, 5.41) is 14.1. The molecule has 0 bridgehead atoms. The van der Waals surface area contributed by atoms with Crippen LogP contribution in [0.5, 0.6) is 0 Å². The maximum Gasteiger partial charge on any atom is 0.282 e. The summed E-state index contributed by atoms with van der Waals surface area (Å²) in [5.41, 5.74) is 2.22. The number of amides is 1. The molecule has 0 spiro atoms. The molecule has 2 heterocycles. The number of nitrogens with one attached hydrogen (secondary N) is 1. The van der Waals surface area contributed by atoms with Crippen molar-refractivity contribution in [3.63, 3.8) is 0 Å². The van der Waals surface area contributed by atoms with Crippen LogP contribution in [-0.2, 0) is 6.54 Å². The Morgan fingerprint density at radius 3 is 2.67 bits per heavy atom. The van der Waals surface area contributed by atoms with Gasteiger partial charge in [-0.1, -0.05) is 58.8 Å². The molecule has 3 rings (SSSR count). The molecule has 122 valence electrons. The van der Waals surface area contributed by atoms with Gasteiger partial charge in [-0.25, -0.2) is 0 Å². The number of aromatic nitrogens is 2. The van der Waals surface area contributed by atoms with E-state index in [0.717, 1.165) is 10.4 Å². The summed E-state index contributed by atoms with van der Waals surface area (Å²) in [6, 6.07) is 11.9. The lowest BCUT2D eigenvalue weighted by Gasteiger charge is -2.03. The molecule has 1 aromatic carbocycles. The van der Waals surface area contributed by atoms with Crippen molar-refractivity contribution in [2.45, 2.75) is 13.5 Å². The van der Waals surface area contributed by atoms with Crippen LogP contribution in [0.1, 0.15) is 30.8 Å². The molecule has 4 nitrogen and oxygen atoms in total. The molecule has 0 aliphatic rings. The second kappa shape index (κ2) is 7.70. The predicted octanol–water partition coefficient (Wildman–Crippen LogP) is 4.57. The van der Waals surface area contributed by atoms with Gasteiger partial charge in [-0.3, -0.25) is 4.79 Å². The molecule has 3 aromatic rings. The van der Waals surface area contributed by atoms with Crippen molar-refractivity contribution in [2.24, 2.45) is 0 Å². The van der Waals surface area contributed by atoms with E-state index >= 15 is 0 Å². The number of hydrogen-bond donors (Lipinski definition) is 1. The normalized spacial score (nSPS) is 11.5. The number of benzene rings is 1. The Kier molecular flexibility index (Phi) is 5.40. The molecule has 24 heavy (non-hydrogen) atoms. The van der Waals surface area contributed by atoms with E-state index in [1.807, 2.05) is 54.8 Å². The third kappa shape index (κ3) is 4.29. The van der Waals surface area contributed by atoms with E-state index in [9.17, 15) is 4.79 Å². The van der Waals surface area contributed by atoms with Crippen LogP contribution in [0.3, 0.4) is 0 Å². The molecule has 1 N–H and O–H groups in total. The molecule has 0 radical (unpaired) electrons. The first-order valence-electron chi connectivity index (χ1n) is 7.20. The highest BCUT2D eigenvalue weighted by Crippen LogP contribution is 2.26. The van der Waals surface area contributed by atoms with E-state index in [-0.39, 0.29) is 5.91 Å². The Balaban J connectivity index is 1.64. The second-order valence-corrected chi connectivity index (χ2v) is 7.45. The summed E-state index contributed by atoms with van der Waals surface area (Å²) in [7, 11) is 0. The van der Waals surface area contributed by atoms with Gasteiger partial charge in [0, 0.05) is 11.4 Å². The van der Waals surface area contributed by atoms with Gasteiger partial charge >= 0.3 is 0 Å². The summed E-state index contributed by atoms with van der Waals surface area (Å²) in [6.45, 7) is 2.48. The van der Waals surface area contributed by atoms with E-state index in [4.69, 9.17) is 11.6 Å². The van der Waals surface area contributed by atoms with Crippen molar-refractivity contribution < 1.29 is 4.79 Å². The monoisotopic (exact) mass is 375 g/mol. The maximum absolute atomic E-state index is 12.2. The molecular weight excluding hydrogens is 362 g/mol.